The van der Waals surface area contributed by atoms with Crippen molar-refractivity contribution >= 4 is 46.0 Å². The number of ether oxygens (including phenoxy) is 1. The normalized spacial score (nSPS) is 10.9. The summed E-state index contributed by atoms with van der Waals surface area (Å²) in [5, 5.41) is 3.21. The topological polar surface area (TPSA) is 67.0 Å². The molecule has 4 aromatic rings. The fourth-order valence-electron chi connectivity index (χ4n) is 2.72. The fraction of sp³-hybridized carbons (Fsp3) is 0. The van der Waals surface area contributed by atoms with E-state index in [-0.39, 0.29) is 11.4 Å². The van der Waals surface area contributed by atoms with Crippen molar-refractivity contribution in [3.63, 3.8) is 0 Å². The molecule has 2 N–H and O–H groups in total. The molecule has 0 unspecified atom stereocenters. The predicted octanol–water partition coefficient (Wildman–Crippen LogP) is 6.43. The van der Waals surface area contributed by atoms with Crippen molar-refractivity contribution < 1.29 is 18.3 Å². The molecule has 0 fully saturated rings. The van der Waals surface area contributed by atoms with Gasteiger partial charge in [0.15, 0.2) is 11.6 Å². The lowest BCUT2D eigenvalue weighted by molar-refractivity contribution is 0.215. The van der Waals surface area contributed by atoms with E-state index in [9.17, 15) is 13.6 Å². The van der Waals surface area contributed by atoms with Crippen LogP contribution in [0.4, 0.5) is 19.3 Å². The van der Waals surface area contributed by atoms with E-state index in [0.29, 0.717) is 32.5 Å². The SMILES string of the molecule is O=C(Nc1ccc(F)c(F)c1)Oc1ccc2nc(-c3c(Cl)cccc3Cl)[nH]c2c1. The largest absolute Gasteiger partial charge is 0.417 e. The standard InChI is InChI=1S/C20H11Cl2F2N3O2/c21-12-2-1-3-13(22)18(12)19-26-16-7-5-11(9-17(16)27-19)29-20(28)25-10-4-6-14(23)15(24)8-10/h1-9H,(H,25,28)(H,26,27). The third kappa shape index (κ3) is 4.01. The van der Waals surface area contributed by atoms with Gasteiger partial charge in [-0.2, -0.15) is 0 Å². The van der Waals surface area contributed by atoms with Crippen molar-refractivity contribution in [2.45, 2.75) is 0 Å². The maximum absolute atomic E-state index is 13.2. The van der Waals surface area contributed by atoms with E-state index in [4.69, 9.17) is 27.9 Å². The second-order valence-corrected chi connectivity index (χ2v) is 6.82. The molecule has 1 aromatic heterocycles. The number of hydrogen-bond acceptors (Lipinski definition) is 3. The number of carbonyl (C=O) groups excluding carboxylic acids is 1. The molecule has 0 radical (unpaired) electrons. The maximum Gasteiger partial charge on any atom is 0.417 e. The molecule has 3 aromatic carbocycles. The lowest BCUT2D eigenvalue weighted by atomic mass is 10.2. The molecular formula is C20H11Cl2F2N3O2. The van der Waals surface area contributed by atoms with Crippen LogP contribution in [-0.4, -0.2) is 16.1 Å². The van der Waals surface area contributed by atoms with Crippen molar-refractivity contribution in [2.75, 3.05) is 5.32 Å². The van der Waals surface area contributed by atoms with Gasteiger partial charge in [0.1, 0.15) is 11.6 Å². The number of anilines is 1. The van der Waals surface area contributed by atoms with Crippen LogP contribution in [0.5, 0.6) is 5.75 Å². The minimum absolute atomic E-state index is 0.0622. The molecule has 4 rings (SSSR count). The molecule has 0 aliphatic heterocycles. The van der Waals surface area contributed by atoms with Crippen molar-refractivity contribution in [2.24, 2.45) is 0 Å². The summed E-state index contributed by atoms with van der Waals surface area (Å²) in [5.74, 6) is -1.40. The first-order valence-electron chi connectivity index (χ1n) is 8.29. The highest BCUT2D eigenvalue weighted by Gasteiger charge is 2.14. The molecule has 0 saturated heterocycles. The number of carbonyl (C=O) groups is 1. The number of aromatic nitrogens is 2. The third-order valence-electron chi connectivity index (χ3n) is 4.03. The van der Waals surface area contributed by atoms with Crippen LogP contribution in [0.25, 0.3) is 22.4 Å². The Hall–Kier alpha value is -3.16. The second-order valence-electron chi connectivity index (χ2n) is 6.00. The zero-order valence-electron chi connectivity index (χ0n) is 14.5. The summed E-state index contributed by atoms with van der Waals surface area (Å²) >= 11 is 12.4. The van der Waals surface area contributed by atoms with E-state index in [2.05, 4.69) is 15.3 Å². The Morgan fingerprint density at radius 3 is 2.48 bits per heavy atom. The molecule has 0 aliphatic rings. The average molecular weight is 434 g/mol. The van der Waals surface area contributed by atoms with Crippen LogP contribution in [-0.2, 0) is 0 Å². The van der Waals surface area contributed by atoms with E-state index < -0.39 is 17.7 Å². The van der Waals surface area contributed by atoms with Gasteiger partial charge in [-0.25, -0.2) is 18.6 Å². The van der Waals surface area contributed by atoms with Gasteiger partial charge >= 0.3 is 6.09 Å². The van der Waals surface area contributed by atoms with Gasteiger partial charge in [-0.05, 0) is 36.4 Å². The minimum Gasteiger partial charge on any atom is -0.410 e. The first kappa shape index (κ1) is 19.2. The van der Waals surface area contributed by atoms with Crippen molar-refractivity contribution in [1.82, 2.24) is 9.97 Å². The number of H-pyrrole nitrogens is 1. The maximum atomic E-state index is 13.2. The number of nitrogens with one attached hydrogen (secondary N) is 2. The summed E-state index contributed by atoms with van der Waals surface area (Å²) in [6.07, 6.45) is -0.857. The number of amides is 1. The highest BCUT2D eigenvalue weighted by atomic mass is 35.5. The molecule has 1 amide bonds. The first-order valence-corrected chi connectivity index (χ1v) is 9.04. The molecule has 1 heterocycles. The van der Waals surface area contributed by atoms with Crippen LogP contribution in [0, 0.1) is 11.6 Å². The quantitative estimate of drug-likeness (QED) is 0.391. The van der Waals surface area contributed by atoms with Gasteiger partial charge in [0.05, 0.1) is 26.6 Å². The number of rotatable bonds is 3. The van der Waals surface area contributed by atoms with E-state index in [1.54, 1.807) is 36.4 Å². The summed E-state index contributed by atoms with van der Waals surface area (Å²) in [7, 11) is 0. The van der Waals surface area contributed by atoms with Gasteiger partial charge in [0, 0.05) is 17.8 Å². The smallest absolute Gasteiger partial charge is 0.410 e. The van der Waals surface area contributed by atoms with Crippen LogP contribution in [0.1, 0.15) is 0 Å². The molecule has 146 valence electrons. The Balaban J connectivity index is 1.56. The highest BCUT2D eigenvalue weighted by molar-refractivity contribution is 6.39. The molecule has 9 heteroatoms. The summed E-state index contributed by atoms with van der Waals surface area (Å²) in [4.78, 5) is 19.6. The highest BCUT2D eigenvalue weighted by Crippen LogP contribution is 2.34. The summed E-state index contributed by atoms with van der Waals surface area (Å²) in [6.45, 7) is 0. The molecule has 0 atom stereocenters. The van der Waals surface area contributed by atoms with Crippen molar-refractivity contribution in [3.8, 4) is 17.1 Å². The monoisotopic (exact) mass is 433 g/mol. The third-order valence-corrected chi connectivity index (χ3v) is 4.66. The van der Waals surface area contributed by atoms with Crippen LogP contribution in [0.15, 0.2) is 54.6 Å². The molecule has 29 heavy (non-hydrogen) atoms. The number of nitrogens with zero attached hydrogens (tertiary/aromatic N) is 1. The Morgan fingerprint density at radius 2 is 1.76 bits per heavy atom. The number of aromatic amines is 1. The van der Waals surface area contributed by atoms with Gasteiger partial charge in [-0.15, -0.1) is 0 Å². The van der Waals surface area contributed by atoms with Gasteiger partial charge in [0.2, 0.25) is 0 Å². The minimum atomic E-state index is -1.08. The predicted molar refractivity (Wildman–Crippen MR) is 108 cm³/mol. The first-order chi connectivity index (χ1) is 13.9. The number of imidazole rings is 1. The van der Waals surface area contributed by atoms with Crippen LogP contribution in [0.2, 0.25) is 10.0 Å². The van der Waals surface area contributed by atoms with Crippen molar-refractivity contribution in [1.29, 1.82) is 0 Å². The van der Waals surface area contributed by atoms with E-state index in [1.165, 1.54) is 6.07 Å². The number of halogens is 4. The number of hydrogen-bond donors (Lipinski definition) is 2. The second kappa shape index (κ2) is 7.69. The molecule has 0 aliphatic carbocycles. The van der Waals surface area contributed by atoms with E-state index in [0.717, 1.165) is 12.1 Å². The van der Waals surface area contributed by atoms with E-state index in [1.807, 2.05) is 0 Å². The van der Waals surface area contributed by atoms with Gasteiger partial charge in [0.25, 0.3) is 0 Å². The average Bonchev–Trinajstić information content (AvgIpc) is 3.07. The molecule has 0 saturated carbocycles. The Kier molecular flexibility index (Phi) is 5.08. The zero-order chi connectivity index (χ0) is 20.5. The molecule has 0 bridgehead atoms. The van der Waals surface area contributed by atoms with Crippen LogP contribution in [0.3, 0.4) is 0 Å². The summed E-state index contributed by atoms with van der Waals surface area (Å²) in [6, 6.07) is 12.9. The Morgan fingerprint density at radius 1 is 1.00 bits per heavy atom. The van der Waals surface area contributed by atoms with Crippen LogP contribution >= 0.6 is 23.2 Å². The van der Waals surface area contributed by atoms with Gasteiger partial charge in [-0.1, -0.05) is 29.3 Å². The molecule has 0 spiro atoms. The number of benzene rings is 3. The lowest BCUT2D eigenvalue weighted by Gasteiger charge is -2.07. The summed E-state index contributed by atoms with van der Waals surface area (Å²) in [5.41, 5.74) is 1.83. The molecular weight excluding hydrogens is 423 g/mol. The van der Waals surface area contributed by atoms with Crippen molar-refractivity contribution in [3.05, 3.63) is 76.3 Å². The van der Waals surface area contributed by atoms with Crippen LogP contribution < -0.4 is 10.1 Å². The number of fused-ring (bicyclic) bond motifs is 1. The Bertz CT molecular complexity index is 1220. The Labute approximate surface area is 173 Å². The summed E-state index contributed by atoms with van der Waals surface area (Å²) < 4.78 is 31.4. The van der Waals surface area contributed by atoms with E-state index >= 15 is 0 Å². The van der Waals surface area contributed by atoms with Gasteiger partial charge in [-0.3, -0.25) is 5.32 Å². The lowest BCUT2D eigenvalue weighted by Crippen LogP contribution is -2.16. The zero-order valence-corrected chi connectivity index (χ0v) is 16.0. The fourth-order valence-corrected chi connectivity index (χ4v) is 3.30. The van der Waals surface area contributed by atoms with Gasteiger partial charge < -0.3 is 9.72 Å². The molecule has 5 nitrogen and oxygen atoms in total.